The molecule has 0 saturated heterocycles. The molecule has 0 atom stereocenters. The van der Waals surface area contributed by atoms with E-state index in [0.29, 0.717) is 34.2 Å². The van der Waals surface area contributed by atoms with Crippen molar-refractivity contribution in [2.75, 3.05) is 18.2 Å². The summed E-state index contributed by atoms with van der Waals surface area (Å²) in [5.41, 5.74) is 1.79. The smallest absolute Gasteiger partial charge is 0.263 e. The first-order valence-corrected chi connectivity index (χ1v) is 10.6. The quantitative estimate of drug-likeness (QED) is 0.355. The summed E-state index contributed by atoms with van der Waals surface area (Å²) in [6, 6.07) is 20.2. The number of anilines is 1. The topological polar surface area (TPSA) is 86.1 Å². The maximum Gasteiger partial charge on any atom is 0.263 e. The summed E-state index contributed by atoms with van der Waals surface area (Å²) in [6.07, 6.45) is 1.60. The fourth-order valence-electron chi connectivity index (χ4n) is 3.08. The number of rotatable bonds is 7. The lowest BCUT2D eigenvalue weighted by Gasteiger charge is -2.13. The van der Waals surface area contributed by atoms with Crippen LogP contribution in [0.2, 0.25) is 0 Å². The van der Waals surface area contributed by atoms with Crippen LogP contribution in [0.1, 0.15) is 5.56 Å². The largest absolute Gasteiger partial charge is 0.497 e. The van der Waals surface area contributed by atoms with Crippen molar-refractivity contribution in [3.05, 3.63) is 88.8 Å². The van der Waals surface area contributed by atoms with Gasteiger partial charge in [0.2, 0.25) is 5.91 Å². The Hall–Kier alpha value is -3.65. The SMILES string of the molecule is COc1cccc(NC(=O)CSc2nc3ncccc3c(=O)n2Cc2ccccc2)c1. The third-order valence-corrected chi connectivity index (χ3v) is 5.54. The van der Waals surface area contributed by atoms with Gasteiger partial charge in [0.1, 0.15) is 5.75 Å². The lowest BCUT2D eigenvalue weighted by molar-refractivity contribution is -0.113. The van der Waals surface area contributed by atoms with E-state index in [1.54, 1.807) is 54.3 Å². The fourth-order valence-corrected chi connectivity index (χ4v) is 3.87. The number of benzene rings is 2. The zero-order chi connectivity index (χ0) is 21.6. The predicted octanol–water partition coefficient (Wildman–Crippen LogP) is 3.58. The molecule has 31 heavy (non-hydrogen) atoms. The van der Waals surface area contributed by atoms with Crippen molar-refractivity contribution in [3.8, 4) is 5.75 Å². The number of carbonyl (C=O) groups is 1. The molecule has 0 saturated carbocycles. The molecule has 2 aromatic heterocycles. The van der Waals surface area contributed by atoms with Gasteiger partial charge >= 0.3 is 0 Å². The molecule has 0 radical (unpaired) electrons. The summed E-state index contributed by atoms with van der Waals surface area (Å²) in [5, 5.41) is 3.73. The van der Waals surface area contributed by atoms with E-state index in [1.165, 1.54) is 11.8 Å². The number of fused-ring (bicyclic) bond motifs is 1. The third-order valence-electron chi connectivity index (χ3n) is 4.56. The molecule has 1 amide bonds. The van der Waals surface area contributed by atoms with Gasteiger partial charge in [0.15, 0.2) is 10.8 Å². The minimum absolute atomic E-state index is 0.0940. The molecule has 8 heteroatoms. The molecule has 4 rings (SSSR count). The lowest BCUT2D eigenvalue weighted by atomic mass is 10.2. The first-order chi connectivity index (χ1) is 15.1. The fraction of sp³-hybridized carbons (Fsp3) is 0.130. The highest BCUT2D eigenvalue weighted by Gasteiger charge is 2.14. The van der Waals surface area contributed by atoms with Crippen molar-refractivity contribution in [3.63, 3.8) is 0 Å². The van der Waals surface area contributed by atoms with Crippen LogP contribution in [-0.2, 0) is 11.3 Å². The summed E-state index contributed by atoms with van der Waals surface area (Å²) in [4.78, 5) is 34.4. The summed E-state index contributed by atoms with van der Waals surface area (Å²) >= 11 is 1.20. The third kappa shape index (κ3) is 4.92. The standard InChI is InChI=1S/C23H20N4O3S/c1-30-18-10-5-9-17(13-18)25-20(28)15-31-23-26-21-19(11-6-12-24-21)22(29)27(23)14-16-7-3-2-4-8-16/h2-13H,14-15H2,1H3,(H,25,28). The van der Waals surface area contributed by atoms with Crippen LogP contribution >= 0.6 is 11.8 Å². The second-order valence-electron chi connectivity index (χ2n) is 6.71. The number of nitrogens with one attached hydrogen (secondary N) is 1. The van der Waals surface area contributed by atoms with E-state index in [1.807, 2.05) is 30.3 Å². The van der Waals surface area contributed by atoms with Gasteiger partial charge in [-0.1, -0.05) is 48.2 Å². The Balaban J connectivity index is 1.59. The van der Waals surface area contributed by atoms with Crippen LogP contribution in [0.5, 0.6) is 5.75 Å². The normalized spacial score (nSPS) is 10.7. The van der Waals surface area contributed by atoms with E-state index in [-0.39, 0.29) is 17.2 Å². The van der Waals surface area contributed by atoms with E-state index in [4.69, 9.17) is 4.74 Å². The Morgan fingerprint density at radius 2 is 1.94 bits per heavy atom. The van der Waals surface area contributed by atoms with Crippen LogP contribution in [-0.4, -0.2) is 33.3 Å². The molecule has 2 heterocycles. The number of ether oxygens (including phenoxy) is 1. The van der Waals surface area contributed by atoms with Gasteiger partial charge in [-0.2, -0.15) is 0 Å². The monoisotopic (exact) mass is 432 g/mol. The van der Waals surface area contributed by atoms with Crippen LogP contribution in [0.3, 0.4) is 0 Å². The summed E-state index contributed by atoms with van der Waals surface area (Å²) in [5.74, 6) is 0.542. The number of hydrogen-bond acceptors (Lipinski definition) is 6. The minimum Gasteiger partial charge on any atom is -0.497 e. The average molecular weight is 433 g/mol. The minimum atomic E-state index is -0.208. The number of hydrogen-bond donors (Lipinski definition) is 1. The number of carbonyl (C=O) groups excluding carboxylic acids is 1. The van der Waals surface area contributed by atoms with Crippen LogP contribution in [0.25, 0.3) is 11.0 Å². The lowest BCUT2D eigenvalue weighted by Crippen LogP contribution is -2.25. The summed E-state index contributed by atoms with van der Waals surface area (Å²) in [6.45, 7) is 0.358. The highest BCUT2D eigenvalue weighted by Crippen LogP contribution is 2.20. The van der Waals surface area contributed by atoms with Gasteiger partial charge in [-0.25, -0.2) is 9.97 Å². The maximum absolute atomic E-state index is 13.1. The summed E-state index contributed by atoms with van der Waals surface area (Å²) < 4.78 is 6.77. The van der Waals surface area contributed by atoms with Gasteiger partial charge in [-0.05, 0) is 29.8 Å². The van der Waals surface area contributed by atoms with E-state index in [9.17, 15) is 9.59 Å². The van der Waals surface area contributed by atoms with E-state index >= 15 is 0 Å². The van der Waals surface area contributed by atoms with Crippen molar-refractivity contribution >= 4 is 34.4 Å². The molecule has 0 unspecified atom stereocenters. The Morgan fingerprint density at radius 1 is 1.10 bits per heavy atom. The molecule has 156 valence electrons. The predicted molar refractivity (Wildman–Crippen MR) is 122 cm³/mol. The molecule has 4 aromatic rings. The van der Waals surface area contributed by atoms with Gasteiger partial charge in [-0.15, -0.1) is 0 Å². The van der Waals surface area contributed by atoms with Crippen LogP contribution in [0.4, 0.5) is 5.69 Å². The van der Waals surface area contributed by atoms with Gasteiger partial charge in [0.25, 0.3) is 5.56 Å². The van der Waals surface area contributed by atoms with Gasteiger partial charge in [0.05, 0.1) is 24.8 Å². The molecular formula is C23H20N4O3S. The zero-order valence-corrected chi connectivity index (χ0v) is 17.6. The molecule has 0 bridgehead atoms. The number of pyridine rings is 1. The van der Waals surface area contributed by atoms with Crippen LogP contribution in [0.15, 0.2) is 82.9 Å². The number of thioether (sulfide) groups is 1. The van der Waals surface area contributed by atoms with Crippen LogP contribution < -0.4 is 15.6 Å². The molecule has 2 aromatic carbocycles. The highest BCUT2D eigenvalue weighted by molar-refractivity contribution is 7.99. The van der Waals surface area contributed by atoms with Gasteiger partial charge in [-0.3, -0.25) is 14.2 Å². The summed E-state index contributed by atoms with van der Waals surface area (Å²) in [7, 11) is 1.57. The zero-order valence-electron chi connectivity index (χ0n) is 16.8. The molecule has 0 fully saturated rings. The molecular weight excluding hydrogens is 412 g/mol. The van der Waals surface area contributed by atoms with Crippen LogP contribution in [0, 0.1) is 0 Å². The van der Waals surface area contributed by atoms with Crippen molar-refractivity contribution < 1.29 is 9.53 Å². The maximum atomic E-state index is 13.1. The second kappa shape index (κ2) is 9.44. The number of amides is 1. The Morgan fingerprint density at radius 3 is 2.74 bits per heavy atom. The molecule has 0 aliphatic carbocycles. The number of nitrogens with zero attached hydrogens (tertiary/aromatic N) is 3. The van der Waals surface area contributed by atoms with Crippen molar-refractivity contribution in [2.45, 2.75) is 11.7 Å². The molecule has 1 N–H and O–H groups in total. The Labute approximate surface area is 183 Å². The highest BCUT2D eigenvalue weighted by atomic mass is 32.2. The van der Waals surface area contributed by atoms with E-state index < -0.39 is 0 Å². The first-order valence-electron chi connectivity index (χ1n) is 9.60. The van der Waals surface area contributed by atoms with Gasteiger partial charge in [0, 0.05) is 18.0 Å². The Bertz CT molecular complexity index is 1270. The molecule has 0 aliphatic rings. The molecule has 7 nitrogen and oxygen atoms in total. The van der Waals surface area contributed by atoms with Crippen molar-refractivity contribution in [2.24, 2.45) is 0 Å². The molecule has 0 aliphatic heterocycles. The van der Waals surface area contributed by atoms with Crippen molar-refractivity contribution in [1.82, 2.24) is 14.5 Å². The van der Waals surface area contributed by atoms with E-state index in [2.05, 4.69) is 15.3 Å². The number of methoxy groups -OCH3 is 1. The second-order valence-corrected chi connectivity index (χ2v) is 7.66. The van der Waals surface area contributed by atoms with E-state index in [0.717, 1.165) is 5.56 Å². The molecule has 0 spiro atoms. The average Bonchev–Trinajstić information content (AvgIpc) is 2.80. The first kappa shape index (κ1) is 20.6. The number of aromatic nitrogens is 3. The van der Waals surface area contributed by atoms with Crippen molar-refractivity contribution in [1.29, 1.82) is 0 Å². The Kier molecular flexibility index (Phi) is 6.28. The van der Waals surface area contributed by atoms with Gasteiger partial charge < -0.3 is 10.1 Å².